The molecule has 0 spiro atoms. The molecule has 0 aromatic rings. The van der Waals surface area contributed by atoms with Gasteiger partial charge in [0, 0.05) is 0 Å². The van der Waals surface area contributed by atoms with Crippen LogP contribution < -0.4 is 0 Å². The van der Waals surface area contributed by atoms with E-state index in [0.717, 1.165) is 12.8 Å². The van der Waals surface area contributed by atoms with Crippen LogP contribution in [0.4, 0.5) is 0 Å². The molecule has 82 valence electrons. The summed E-state index contributed by atoms with van der Waals surface area (Å²) in [6.07, 6.45) is 3.38. The number of hydrogen-bond donors (Lipinski definition) is 0. The Morgan fingerprint density at radius 2 is 1.86 bits per heavy atom. The molecule has 0 atom stereocenters. The Hall–Kier alpha value is -0.610. The predicted molar refractivity (Wildman–Crippen MR) is 50.5 cm³/mol. The fraction of sp³-hybridized carbons (Fsp3) is 0.900. The van der Waals surface area contributed by atoms with Gasteiger partial charge in [-0.2, -0.15) is 0 Å². The lowest BCUT2D eigenvalue weighted by Crippen LogP contribution is -2.40. The van der Waals surface area contributed by atoms with Gasteiger partial charge in [0.05, 0.1) is 13.2 Å². The maximum absolute atomic E-state index is 11.6. The maximum atomic E-state index is 11.6. The molecule has 0 amide bonds. The van der Waals surface area contributed by atoms with Gasteiger partial charge in [0.15, 0.2) is 5.60 Å². The summed E-state index contributed by atoms with van der Waals surface area (Å²) in [6, 6.07) is 0. The summed E-state index contributed by atoms with van der Waals surface area (Å²) in [5.41, 5.74) is -0.827. The van der Waals surface area contributed by atoms with E-state index in [2.05, 4.69) is 0 Å². The fourth-order valence-electron chi connectivity index (χ4n) is 1.70. The van der Waals surface area contributed by atoms with Crippen molar-refractivity contribution >= 4 is 5.97 Å². The highest BCUT2D eigenvalue weighted by atomic mass is 17.2. The van der Waals surface area contributed by atoms with Crippen molar-refractivity contribution in [2.24, 2.45) is 0 Å². The van der Waals surface area contributed by atoms with Crippen LogP contribution in [-0.2, 0) is 19.3 Å². The van der Waals surface area contributed by atoms with Crippen LogP contribution in [0, 0.1) is 0 Å². The molecule has 1 saturated carbocycles. The summed E-state index contributed by atoms with van der Waals surface area (Å²) < 4.78 is 4.98. The summed E-state index contributed by atoms with van der Waals surface area (Å²) in [5, 5.41) is 0. The van der Waals surface area contributed by atoms with E-state index in [1.165, 1.54) is 0 Å². The first-order chi connectivity index (χ1) is 6.75. The Bertz CT molecular complexity index is 185. The van der Waals surface area contributed by atoms with Crippen LogP contribution in [-0.4, -0.2) is 24.8 Å². The molecule has 4 nitrogen and oxygen atoms in total. The van der Waals surface area contributed by atoms with Gasteiger partial charge in [0.25, 0.3) is 0 Å². The van der Waals surface area contributed by atoms with Gasteiger partial charge in [0.2, 0.25) is 0 Å². The smallest absolute Gasteiger partial charge is 0.341 e. The minimum absolute atomic E-state index is 0.286. The molecule has 1 aliphatic rings. The molecule has 1 rings (SSSR count). The predicted octanol–water partition coefficient (Wildman–Crippen LogP) is 1.83. The van der Waals surface area contributed by atoms with Gasteiger partial charge in [-0.25, -0.2) is 14.6 Å². The largest absolute Gasteiger partial charge is 0.464 e. The molecule has 0 bridgehead atoms. The zero-order valence-corrected chi connectivity index (χ0v) is 8.88. The molecule has 0 aromatic carbocycles. The van der Waals surface area contributed by atoms with Gasteiger partial charge in [-0.05, 0) is 39.5 Å². The highest BCUT2D eigenvalue weighted by molar-refractivity contribution is 5.79. The Morgan fingerprint density at radius 1 is 1.21 bits per heavy atom. The molecular formula is C10H18O4. The average molecular weight is 202 g/mol. The summed E-state index contributed by atoms with van der Waals surface area (Å²) in [5.74, 6) is -0.286. The Morgan fingerprint density at radius 3 is 2.36 bits per heavy atom. The highest BCUT2D eigenvalue weighted by Gasteiger charge is 2.45. The lowest BCUT2D eigenvalue weighted by molar-refractivity contribution is -0.351. The van der Waals surface area contributed by atoms with Gasteiger partial charge < -0.3 is 4.74 Å². The van der Waals surface area contributed by atoms with Gasteiger partial charge in [-0.3, -0.25) is 0 Å². The first-order valence-electron chi connectivity index (χ1n) is 5.23. The molecule has 14 heavy (non-hydrogen) atoms. The van der Waals surface area contributed by atoms with Crippen molar-refractivity contribution in [3.63, 3.8) is 0 Å². The zero-order valence-electron chi connectivity index (χ0n) is 8.88. The Labute approximate surface area is 84.4 Å². The highest BCUT2D eigenvalue weighted by Crippen LogP contribution is 2.34. The second kappa shape index (κ2) is 5.32. The van der Waals surface area contributed by atoms with E-state index in [4.69, 9.17) is 14.5 Å². The van der Waals surface area contributed by atoms with Crippen LogP contribution in [0.3, 0.4) is 0 Å². The lowest BCUT2D eigenvalue weighted by Gasteiger charge is -2.24. The van der Waals surface area contributed by atoms with E-state index in [0.29, 0.717) is 26.1 Å². The zero-order chi connectivity index (χ0) is 10.4. The molecule has 1 fully saturated rings. The average Bonchev–Trinajstić information content (AvgIpc) is 2.65. The number of esters is 1. The van der Waals surface area contributed by atoms with Gasteiger partial charge >= 0.3 is 5.97 Å². The number of carbonyl (C=O) groups is 1. The lowest BCUT2D eigenvalue weighted by atomic mass is 10.0. The fourth-order valence-corrected chi connectivity index (χ4v) is 1.70. The van der Waals surface area contributed by atoms with Crippen LogP contribution in [0.15, 0.2) is 0 Å². The van der Waals surface area contributed by atoms with E-state index in [9.17, 15) is 4.79 Å². The second-order valence-electron chi connectivity index (χ2n) is 3.41. The van der Waals surface area contributed by atoms with Crippen molar-refractivity contribution in [1.29, 1.82) is 0 Å². The van der Waals surface area contributed by atoms with Crippen molar-refractivity contribution in [2.75, 3.05) is 13.2 Å². The molecule has 0 aliphatic heterocycles. The first kappa shape index (κ1) is 11.5. The third kappa shape index (κ3) is 2.45. The van der Waals surface area contributed by atoms with Crippen LogP contribution in [0.25, 0.3) is 0 Å². The minimum atomic E-state index is -0.827. The Balaban J connectivity index is 2.56. The van der Waals surface area contributed by atoms with Crippen molar-refractivity contribution in [3.8, 4) is 0 Å². The van der Waals surface area contributed by atoms with Gasteiger partial charge in [-0.1, -0.05) is 0 Å². The normalized spacial score (nSPS) is 19.6. The molecule has 0 heterocycles. The molecule has 0 N–H and O–H groups in total. The number of rotatable bonds is 5. The second-order valence-corrected chi connectivity index (χ2v) is 3.41. The van der Waals surface area contributed by atoms with E-state index in [-0.39, 0.29) is 5.97 Å². The number of ether oxygens (including phenoxy) is 1. The minimum Gasteiger partial charge on any atom is -0.464 e. The van der Waals surface area contributed by atoms with E-state index >= 15 is 0 Å². The van der Waals surface area contributed by atoms with Gasteiger partial charge in [-0.15, -0.1) is 0 Å². The third-order valence-electron chi connectivity index (χ3n) is 2.39. The third-order valence-corrected chi connectivity index (χ3v) is 2.39. The van der Waals surface area contributed by atoms with Crippen LogP contribution in [0.1, 0.15) is 39.5 Å². The molecular weight excluding hydrogens is 184 g/mol. The van der Waals surface area contributed by atoms with Crippen molar-refractivity contribution < 1.29 is 19.3 Å². The standard InChI is InChI=1S/C10H18O4/c1-3-12-9(11)10(14-13-4-2)7-5-6-8-10/h3-8H2,1-2H3. The molecule has 0 unspecified atom stereocenters. The molecule has 0 aromatic heterocycles. The van der Waals surface area contributed by atoms with Crippen molar-refractivity contribution in [3.05, 3.63) is 0 Å². The summed E-state index contributed by atoms with van der Waals surface area (Å²) in [7, 11) is 0. The quantitative estimate of drug-likeness (QED) is 0.387. The monoisotopic (exact) mass is 202 g/mol. The topological polar surface area (TPSA) is 44.8 Å². The maximum Gasteiger partial charge on any atom is 0.341 e. The number of hydrogen-bond acceptors (Lipinski definition) is 4. The van der Waals surface area contributed by atoms with E-state index in [1.807, 2.05) is 6.92 Å². The first-order valence-corrected chi connectivity index (χ1v) is 5.23. The van der Waals surface area contributed by atoms with Crippen molar-refractivity contribution in [2.45, 2.75) is 45.1 Å². The molecule has 0 radical (unpaired) electrons. The summed E-state index contributed by atoms with van der Waals surface area (Å²) in [4.78, 5) is 21.7. The molecule has 0 saturated heterocycles. The van der Waals surface area contributed by atoms with Gasteiger partial charge in [0.1, 0.15) is 0 Å². The summed E-state index contributed by atoms with van der Waals surface area (Å²) in [6.45, 7) is 4.45. The van der Waals surface area contributed by atoms with E-state index in [1.54, 1.807) is 6.92 Å². The molecule has 4 heteroatoms. The Kier molecular flexibility index (Phi) is 4.35. The molecule has 1 aliphatic carbocycles. The van der Waals surface area contributed by atoms with Crippen molar-refractivity contribution in [1.82, 2.24) is 0 Å². The van der Waals surface area contributed by atoms with Crippen LogP contribution in [0.5, 0.6) is 0 Å². The van der Waals surface area contributed by atoms with Crippen LogP contribution >= 0.6 is 0 Å². The number of carbonyl (C=O) groups excluding carboxylic acids is 1. The SMILES string of the molecule is CCOOC1(C(=O)OCC)CCCC1. The summed E-state index contributed by atoms with van der Waals surface area (Å²) >= 11 is 0. The van der Waals surface area contributed by atoms with Crippen LogP contribution in [0.2, 0.25) is 0 Å². The van der Waals surface area contributed by atoms with E-state index < -0.39 is 5.60 Å².